The quantitative estimate of drug-likeness (QED) is 0.502. The van der Waals surface area contributed by atoms with Gasteiger partial charge >= 0.3 is 0 Å². The molecular formula is C7H13N. The minimum atomic E-state index is -0.431. The first-order valence-electron chi connectivity index (χ1n) is 2.77. The van der Waals surface area contributed by atoms with Crippen LogP contribution in [0.2, 0.25) is 0 Å². The molecule has 0 aliphatic heterocycles. The molecule has 1 atom stereocenters. The molecule has 0 bridgehead atoms. The molecule has 1 nitrogen and oxygen atoms in total. The third kappa shape index (κ3) is 1.55. The minimum absolute atomic E-state index is 0.354. The van der Waals surface area contributed by atoms with E-state index in [1.165, 1.54) is 0 Å². The SMILES string of the molecule is C#C[C@](C)(N)C(C)C. The van der Waals surface area contributed by atoms with E-state index in [-0.39, 0.29) is 0 Å². The molecule has 0 fully saturated rings. The molecule has 0 heterocycles. The van der Waals surface area contributed by atoms with Crippen LogP contribution >= 0.6 is 0 Å². The van der Waals surface area contributed by atoms with Crippen LogP contribution < -0.4 is 5.73 Å². The first-order chi connectivity index (χ1) is 3.50. The number of hydrogen-bond donors (Lipinski definition) is 1. The molecule has 0 saturated carbocycles. The summed E-state index contributed by atoms with van der Waals surface area (Å²) in [5, 5.41) is 0. The van der Waals surface area contributed by atoms with Gasteiger partial charge in [0.25, 0.3) is 0 Å². The predicted molar refractivity (Wildman–Crippen MR) is 36.3 cm³/mol. The van der Waals surface area contributed by atoms with Crippen molar-refractivity contribution in [3.63, 3.8) is 0 Å². The Bertz CT molecular complexity index is 106. The van der Waals surface area contributed by atoms with Gasteiger partial charge in [0.05, 0.1) is 5.54 Å². The molecule has 8 heavy (non-hydrogen) atoms. The summed E-state index contributed by atoms with van der Waals surface area (Å²) in [5.41, 5.74) is 5.19. The topological polar surface area (TPSA) is 26.0 Å². The van der Waals surface area contributed by atoms with Gasteiger partial charge < -0.3 is 5.73 Å². The van der Waals surface area contributed by atoms with E-state index in [9.17, 15) is 0 Å². The molecule has 0 amide bonds. The summed E-state index contributed by atoms with van der Waals surface area (Å²) in [6.45, 7) is 5.89. The molecule has 0 aromatic heterocycles. The molecule has 0 rings (SSSR count). The Morgan fingerprint density at radius 2 is 2.00 bits per heavy atom. The van der Waals surface area contributed by atoms with E-state index in [1.807, 2.05) is 20.8 Å². The average molecular weight is 111 g/mol. The highest BCUT2D eigenvalue weighted by Crippen LogP contribution is 2.09. The van der Waals surface area contributed by atoms with E-state index in [1.54, 1.807) is 0 Å². The van der Waals surface area contributed by atoms with Crippen LogP contribution in [0.5, 0.6) is 0 Å². The summed E-state index contributed by atoms with van der Waals surface area (Å²) >= 11 is 0. The van der Waals surface area contributed by atoms with Gasteiger partial charge in [-0.05, 0) is 12.8 Å². The Kier molecular flexibility index (Phi) is 2.06. The van der Waals surface area contributed by atoms with Crippen molar-refractivity contribution >= 4 is 0 Å². The van der Waals surface area contributed by atoms with Crippen LogP contribution in [0.3, 0.4) is 0 Å². The van der Waals surface area contributed by atoms with Crippen LogP contribution in [0.25, 0.3) is 0 Å². The molecule has 0 aliphatic rings. The number of hydrogen-bond acceptors (Lipinski definition) is 1. The van der Waals surface area contributed by atoms with E-state index in [0.29, 0.717) is 5.92 Å². The molecule has 0 aromatic rings. The fourth-order valence-electron chi connectivity index (χ4n) is 0.167. The van der Waals surface area contributed by atoms with Gasteiger partial charge in [0.2, 0.25) is 0 Å². The van der Waals surface area contributed by atoms with E-state index in [4.69, 9.17) is 12.2 Å². The molecule has 0 spiro atoms. The zero-order valence-corrected chi connectivity index (χ0v) is 5.73. The number of nitrogens with two attached hydrogens (primary N) is 1. The lowest BCUT2D eigenvalue weighted by atomic mass is 9.91. The molecule has 0 saturated heterocycles. The van der Waals surface area contributed by atoms with Crippen LogP contribution in [-0.4, -0.2) is 5.54 Å². The fraction of sp³-hybridized carbons (Fsp3) is 0.714. The Morgan fingerprint density at radius 1 is 1.62 bits per heavy atom. The van der Waals surface area contributed by atoms with Crippen LogP contribution in [0.1, 0.15) is 20.8 Å². The fourth-order valence-corrected chi connectivity index (χ4v) is 0.167. The normalized spacial score (nSPS) is 17.5. The van der Waals surface area contributed by atoms with Crippen LogP contribution in [0, 0.1) is 18.3 Å². The zero-order valence-electron chi connectivity index (χ0n) is 5.73. The average Bonchev–Trinajstić information content (AvgIpc) is 1.67. The van der Waals surface area contributed by atoms with E-state index < -0.39 is 5.54 Å². The molecule has 46 valence electrons. The third-order valence-electron chi connectivity index (χ3n) is 1.51. The van der Waals surface area contributed by atoms with Crippen LogP contribution in [0.4, 0.5) is 0 Å². The Labute approximate surface area is 51.3 Å². The zero-order chi connectivity index (χ0) is 6.78. The number of rotatable bonds is 1. The van der Waals surface area contributed by atoms with E-state index >= 15 is 0 Å². The first-order valence-corrected chi connectivity index (χ1v) is 2.77. The highest BCUT2D eigenvalue weighted by Gasteiger charge is 2.18. The molecular weight excluding hydrogens is 98.1 g/mol. The van der Waals surface area contributed by atoms with Gasteiger partial charge in [0, 0.05) is 0 Å². The second-order valence-electron chi connectivity index (χ2n) is 2.58. The standard InChI is InChI=1S/C7H13N/c1-5-7(4,8)6(2)3/h1,6H,8H2,2-4H3/t7-/m0/s1. The Hall–Kier alpha value is -0.480. The third-order valence-corrected chi connectivity index (χ3v) is 1.51. The smallest absolute Gasteiger partial charge is 0.0768 e. The highest BCUT2D eigenvalue weighted by molar-refractivity contribution is 5.09. The second-order valence-corrected chi connectivity index (χ2v) is 2.58. The van der Waals surface area contributed by atoms with Crippen molar-refractivity contribution in [2.24, 2.45) is 11.7 Å². The highest BCUT2D eigenvalue weighted by atomic mass is 14.7. The van der Waals surface area contributed by atoms with E-state index in [2.05, 4.69) is 5.92 Å². The monoisotopic (exact) mass is 111 g/mol. The van der Waals surface area contributed by atoms with Gasteiger partial charge in [-0.25, -0.2) is 0 Å². The van der Waals surface area contributed by atoms with Gasteiger partial charge in [-0.15, -0.1) is 6.42 Å². The maximum absolute atomic E-state index is 5.62. The van der Waals surface area contributed by atoms with Crippen molar-refractivity contribution in [1.82, 2.24) is 0 Å². The van der Waals surface area contributed by atoms with Crippen molar-refractivity contribution in [2.45, 2.75) is 26.3 Å². The summed E-state index contributed by atoms with van der Waals surface area (Å²) < 4.78 is 0. The van der Waals surface area contributed by atoms with Gasteiger partial charge in [-0.3, -0.25) is 0 Å². The van der Waals surface area contributed by atoms with Crippen molar-refractivity contribution in [1.29, 1.82) is 0 Å². The summed E-state index contributed by atoms with van der Waals surface area (Å²) in [6.07, 6.45) is 5.13. The number of terminal acetylenes is 1. The van der Waals surface area contributed by atoms with E-state index in [0.717, 1.165) is 0 Å². The van der Waals surface area contributed by atoms with Gasteiger partial charge in [0.1, 0.15) is 0 Å². The Balaban J connectivity index is 3.97. The maximum Gasteiger partial charge on any atom is 0.0768 e. The molecule has 0 radical (unpaired) electrons. The molecule has 1 heteroatoms. The lowest BCUT2D eigenvalue weighted by Gasteiger charge is -2.21. The lowest BCUT2D eigenvalue weighted by molar-refractivity contribution is 0.435. The summed E-state index contributed by atoms with van der Waals surface area (Å²) in [5.74, 6) is 2.87. The second kappa shape index (κ2) is 2.19. The largest absolute Gasteiger partial charge is 0.315 e. The molecule has 2 N–H and O–H groups in total. The lowest BCUT2D eigenvalue weighted by Crippen LogP contribution is -2.39. The van der Waals surface area contributed by atoms with Gasteiger partial charge in [0.15, 0.2) is 0 Å². The summed E-state index contributed by atoms with van der Waals surface area (Å²) in [4.78, 5) is 0. The summed E-state index contributed by atoms with van der Waals surface area (Å²) in [6, 6.07) is 0. The van der Waals surface area contributed by atoms with Crippen molar-refractivity contribution in [3.8, 4) is 12.3 Å². The van der Waals surface area contributed by atoms with Crippen LogP contribution in [0.15, 0.2) is 0 Å². The molecule has 0 aliphatic carbocycles. The van der Waals surface area contributed by atoms with Gasteiger partial charge in [-0.2, -0.15) is 0 Å². The van der Waals surface area contributed by atoms with Crippen molar-refractivity contribution in [2.75, 3.05) is 0 Å². The predicted octanol–water partition coefficient (Wildman–Crippen LogP) is 0.993. The summed E-state index contributed by atoms with van der Waals surface area (Å²) in [7, 11) is 0. The maximum atomic E-state index is 5.62. The molecule has 0 unspecified atom stereocenters. The molecule has 0 aromatic carbocycles. The minimum Gasteiger partial charge on any atom is -0.315 e. The van der Waals surface area contributed by atoms with Crippen LogP contribution in [-0.2, 0) is 0 Å². The Morgan fingerprint density at radius 3 is 2.00 bits per heavy atom. The van der Waals surface area contributed by atoms with Crippen molar-refractivity contribution in [3.05, 3.63) is 0 Å². The van der Waals surface area contributed by atoms with Crippen molar-refractivity contribution < 1.29 is 0 Å². The first kappa shape index (κ1) is 7.52. The van der Waals surface area contributed by atoms with Gasteiger partial charge in [-0.1, -0.05) is 19.8 Å².